The molecule has 6 nitrogen and oxygen atoms in total. The van der Waals surface area contributed by atoms with Crippen molar-refractivity contribution < 1.29 is 4.79 Å². The van der Waals surface area contributed by atoms with E-state index in [1.54, 1.807) is 6.20 Å². The van der Waals surface area contributed by atoms with E-state index >= 15 is 0 Å². The molecule has 32 heavy (non-hydrogen) atoms. The van der Waals surface area contributed by atoms with Gasteiger partial charge in [-0.2, -0.15) is 0 Å². The third-order valence-corrected chi connectivity index (χ3v) is 6.83. The first-order valence-electron chi connectivity index (χ1n) is 11.9. The fourth-order valence-electron chi connectivity index (χ4n) is 5.08. The number of hydrogen-bond acceptors (Lipinski definition) is 5. The van der Waals surface area contributed by atoms with Crippen molar-refractivity contribution >= 4 is 22.5 Å². The molecule has 2 aliphatic heterocycles. The highest BCUT2D eigenvalue weighted by molar-refractivity contribution is 6.05. The SMILES string of the molecule is Cc1nc(CC2CCN(C(=O)c3nccc4ccccc34)CC2)cc(N2CCCCC2)n1. The Bertz CT molecular complexity index is 1100. The highest BCUT2D eigenvalue weighted by Gasteiger charge is 2.26. The number of nitrogens with zero attached hydrogens (tertiary/aromatic N) is 5. The predicted octanol–water partition coefficient (Wildman–Crippen LogP) is 4.42. The second kappa shape index (κ2) is 9.23. The number of amides is 1. The Morgan fingerprint density at radius 2 is 1.78 bits per heavy atom. The Balaban J connectivity index is 1.23. The second-order valence-electron chi connectivity index (χ2n) is 9.13. The lowest BCUT2D eigenvalue weighted by molar-refractivity contribution is 0.0686. The number of anilines is 1. The van der Waals surface area contributed by atoms with E-state index in [2.05, 4.69) is 16.0 Å². The number of aryl methyl sites for hydroxylation is 1. The lowest BCUT2D eigenvalue weighted by Crippen LogP contribution is -2.39. The fourth-order valence-corrected chi connectivity index (χ4v) is 5.08. The molecule has 0 N–H and O–H groups in total. The summed E-state index contributed by atoms with van der Waals surface area (Å²) in [6.45, 7) is 5.74. The normalized spacial score (nSPS) is 17.7. The maximum absolute atomic E-state index is 13.2. The molecule has 0 saturated carbocycles. The first kappa shape index (κ1) is 20.9. The molecule has 2 fully saturated rings. The van der Waals surface area contributed by atoms with Crippen LogP contribution in [0, 0.1) is 12.8 Å². The number of pyridine rings is 1. The van der Waals surface area contributed by atoms with Crippen molar-refractivity contribution in [2.24, 2.45) is 5.92 Å². The maximum Gasteiger partial charge on any atom is 0.273 e. The van der Waals surface area contributed by atoms with Gasteiger partial charge in [-0.05, 0) is 62.8 Å². The van der Waals surface area contributed by atoms with Gasteiger partial charge in [-0.1, -0.05) is 24.3 Å². The molecule has 2 saturated heterocycles. The number of aromatic nitrogens is 3. The molecule has 6 heteroatoms. The summed E-state index contributed by atoms with van der Waals surface area (Å²) >= 11 is 0. The van der Waals surface area contributed by atoms with Gasteiger partial charge in [0.15, 0.2) is 0 Å². The lowest BCUT2D eigenvalue weighted by atomic mass is 9.91. The van der Waals surface area contributed by atoms with Crippen molar-refractivity contribution in [2.75, 3.05) is 31.1 Å². The minimum atomic E-state index is 0.0468. The molecule has 0 atom stereocenters. The highest BCUT2D eigenvalue weighted by atomic mass is 16.2. The van der Waals surface area contributed by atoms with Crippen LogP contribution in [0.25, 0.3) is 10.8 Å². The molecule has 2 aromatic heterocycles. The fraction of sp³-hybridized carbons (Fsp3) is 0.462. The molecule has 0 unspecified atom stereocenters. The van der Waals surface area contributed by atoms with E-state index in [4.69, 9.17) is 9.97 Å². The van der Waals surface area contributed by atoms with Crippen LogP contribution in [0.5, 0.6) is 0 Å². The molecule has 1 amide bonds. The lowest BCUT2D eigenvalue weighted by Gasteiger charge is -2.32. The van der Waals surface area contributed by atoms with Crippen molar-refractivity contribution in [1.29, 1.82) is 0 Å². The van der Waals surface area contributed by atoms with Crippen LogP contribution in [0.3, 0.4) is 0 Å². The number of carbonyl (C=O) groups is 1. The number of piperidine rings is 2. The monoisotopic (exact) mass is 429 g/mol. The van der Waals surface area contributed by atoms with Gasteiger partial charge in [-0.3, -0.25) is 9.78 Å². The van der Waals surface area contributed by atoms with Crippen LogP contribution >= 0.6 is 0 Å². The Morgan fingerprint density at radius 3 is 2.59 bits per heavy atom. The van der Waals surface area contributed by atoms with E-state index in [9.17, 15) is 4.79 Å². The molecule has 2 aliphatic rings. The summed E-state index contributed by atoms with van der Waals surface area (Å²) in [5.74, 6) is 2.54. The summed E-state index contributed by atoms with van der Waals surface area (Å²) < 4.78 is 0. The smallest absolute Gasteiger partial charge is 0.273 e. The van der Waals surface area contributed by atoms with Gasteiger partial charge in [0, 0.05) is 49.5 Å². The predicted molar refractivity (Wildman–Crippen MR) is 127 cm³/mol. The van der Waals surface area contributed by atoms with Gasteiger partial charge in [0.2, 0.25) is 0 Å². The van der Waals surface area contributed by atoms with Gasteiger partial charge in [0.05, 0.1) is 0 Å². The van der Waals surface area contributed by atoms with Crippen molar-refractivity contribution in [3.8, 4) is 0 Å². The molecule has 0 radical (unpaired) electrons. The molecular weight excluding hydrogens is 398 g/mol. The molecule has 166 valence electrons. The summed E-state index contributed by atoms with van der Waals surface area (Å²) in [4.78, 5) is 31.4. The van der Waals surface area contributed by atoms with E-state index in [1.165, 1.54) is 19.3 Å². The molecule has 0 bridgehead atoms. The van der Waals surface area contributed by atoms with Crippen molar-refractivity contribution in [1.82, 2.24) is 19.9 Å². The first-order valence-corrected chi connectivity index (χ1v) is 11.9. The summed E-state index contributed by atoms with van der Waals surface area (Å²) in [5.41, 5.74) is 1.71. The van der Waals surface area contributed by atoms with Gasteiger partial charge in [-0.25, -0.2) is 9.97 Å². The number of carbonyl (C=O) groups excluding carboxylic acids is 1. The van der Waals surface area contributed by atoms with Crippen LogP contribution in [0.1, 0.15) is 54.1 Å². The Labute approximate surface area is 189 Å². The molecule has 4 heterocycles. The number of fused-ring (bicyclic) bond motifs is 1. The molecule has 1 aromatic carbocycles. The van der Waals surface area contributed by atoms with E-state index in [0.717, 1.165) is 73.6 Å². The van der Waals surface area contributed by atoms with Crippen LogP contribution < -0.4 is 4.90 Å². The minimum absolute atomic E-state index is 0.0468. The number of likely N-dealkylation sites (tertiary alicyclic amines) is 1. The number of rotatable bonds is 4. The Morgan fingerprint density at radius 1 is 1.00 bits per heavy atom. The zero-order valence-corrected chi connectivity index (χ0v) is 18.8. The molecule has 3 aromatic rings. The molecule has 0 spiro atoms. The van der Waals surface area contributed by atoms with E-state index < -0.39 is 0 Å². The van der Waals surface area contributed by atoms with E-state index in [0.29, 0.717) is 11.6 Å². The minimum Gasteiger partial charge on any atom is -0.357 e. The standard InChI is InChI=1S/C26H31N5O/c1-19-28-22(18-24(29-19)30-13-5-2-6-14-30)17-20-10-15-31(16-11-20)26(32)25-23-8-4-3-7-21(23)9-12-27-25/h3-4,7-9,12,18,20H,2,5-6,10-11,13-17H2,1H3. The van der Waals surface area contributed by atoms with Crippen LogP contribution in [-0.4, -0.2) is 51.9 Å². The van der Waals surface area contributed by atoms with Crippen LogP contribution in [0.15, 0.2) is 42.6 Å². The number of benzene rings is 1. The summed E-state index contributed by atoms with van der Waals surface area (Å²) in [6.07, 6.45) is 8.50. The zero-order valence-electron chi connectivity index (χ0n) is 18.8. The zero-order chi connectivity index (χ0) is 21.9. The van der Waals surface area contributed by atoms with Crippen LogP contribution in [0.2, 0.25) is 0 Å². The van der Waals surface area contributed by atoms with Gasteiger partial charge in [0.1, 0.15) is 17.3 Å². The third-order valence-electron chi connectivity index (χ3n) is 6.83. The van der Waals surface area contributed by atoms with Gasteiger partial charge in [0.25, 0.3) is 5.91 Å². The quantitative estimate of drug-likeness (QED) is 0.614. The second-order valence-corrected chi connectivity index (χ2v) is 9.13. The summed E-state index contributed by atoms with van der Waals surface area (Å²) in [6, 6.07) is 12.1. The number of hydrogen-bond donors (Lipinski definition) is 0. The van der Waals surface area contributed by atoms with Crippen LogP contribution in [-0.2, 0) is 6.42 Å². The average molecular weight is 430 g/mol. The highest BCUT2D eigenvalue weighted by Crippen LogP contribution is 2.26. The van der Waals surface area contributed by atoms with Crippen molar-refractivity contribution in [2.45, 2.75) is 45.4 Å². The third kappa shape index (κ3) is 4.45. The molecule has 0 aliphatic carbocycles. The Hall–Kier alpha value is -3.02. The van der Waals surface area contributed by atoms with Gasteiger partial charge < -0.3 is 9.80 Å². The maximum atomic E-state index is 13.2. The van der Waals surface area contributed by atoms with Gasteiger partial charge in [-0.15, -0.1) is 0 Å². The largest absolute Gasteiger partial charge is 0.357 e. The molecule has 5 rings (SSSR count). The van der Waals surface area contributed by atoms with Gasteiger partial charge >= 0.3 is 0 Å². The van der Waals surface area contributed by atoms with Crippen molar-refractivity contribution in [3.05, 3.63) is 59.8 Å². The van der Waals surface area contributed by atoms with E-state index in [-0.39, 0.29) is 5.91 Å². The Kier molecular flexibility index (Phi) is 6.02. The van der Waals surface area contributed by atoms with E-state index in [1.807, 2.05) is 42.2 Å². The van der Waals surface area contributed by atoms with Crippen LogP contribution in [0.4, 0.5) is 5.82 Å². The molecular formula is C26H31N5O. The summed E-state index contributed by atoms with van der Waals surface area (Å²) in [7, 11) is 0. The first-order chi connectivity index (χ1) is 15.7. The summed E-state index contributed by atoms with van der Waals surface area (Å²) in [5, 5.41) is 1.99. The average Bonchev–Trinajstić information content (AvgIpc) is 2.84. The topological polar surface area (TPSA) is 62.2 Å². The van der Waals surface area contributed by atoms with Crippen molar-refractivity contribution in [3.63, 3.8) is 0 Å².